The first-order chi connectivity index (χ1) is 9.70. The van der Waals surface area contributed by atoms with Gasteiger partial charge in [0.25, 0.3) is 0 Å². The molecule has 4 heteroatoms. The number of hydrogen-bond donors (Lipinski definition) is 2. The molecule has 2 aromatic rings. The van der Waals surface area contributed by atoms with Crippen LogP contribution in [0.15, 0.2) is 54.6 Å². The standard InChI is InChI=1S/C16H20N2O2/c1-18(19)16(13-6-4-3-5-7-13)12-17-14-8-10-15(20-2)11-9-14/h3-11,16-17,19H,12H2,1-2H3. The third-order valence-corrected chi connectivity index (χ3v) is 3.22. The average Bonchev–Trinajstić information content (AvgIpc) is 2.49. The van der Waals surface area contributed by atoms with Crippen LogP contribution in [0, 0.1) is 0 Å². The molecule has 0 amide bonds. The number of ether oxygens (including phenoxy) is 1. The molecule has 0 heterocycles. The lowest BCUT2D eigenvalue weighted by Gasteiger charge is -2.23. The molecule has 0 saturated heterocycles. The molecule has 0 spiro atoms. The number of nitrogens with one attached hydrogen (secondary N) is 1. The van der Waals surface area contributed by atoms with E-state index in [1.54, 1.807) is 14.2 Å². The molecule has 2 rings (SSSR count). The lowest BCUT2D eigenvalue weighted by atomic mass is 10.1. The van der Waals surface area contributed by atoms with E-state index in [1.807, 2.05) is 54.6 Å². The normalized spacial score (nSPS) is 12.2. The Kier molecular flexibility index (Phi) is 4.98. The minimum Gasteiger partial charge on any atom is -0.497 e. The Morgan fingerprint density at radius 3 is 2.30 bits per heavy atom. The van der Waals surface area contributed by atoms with Crippen LogP contribution in [-0.4, -0.2) is 31.0 Å². The van der Waals surface area contributed by atoms with Crippen molar-refractivity contribution in [2.45, 2.75) is 6.04 Å². The number of hydroxylamine groups is 2. The van der Waals surface area contributed by atoms with Gasteiger partial charge in [0, 0.05) is 19.3 Å². The number of anilines is 1. The highest BCUT2D eigenvalue weighted by atomic mass is 16.5. The number of methoxy groups -OCH3 is 1. The minimum atomic E-state index is -0.0988. The monoisotopic (exact) mass is 272 g/mol. The molecule has 4 nitrogen and oxygen atoms in total. The van der Waals surface area contributed by atoms with Gasteiger partial charge >= 0.3 is 0 Å². The van der Waals surface area contributed by atoms with Gasteiger partial charge in [-0.3, -0.25) is 0 Å². The van der Waals surface area contributed by atoms with Crippen molar-refractivity contribution in [3.8, 4) is 5.75 Å². The summed E-state index contributed by atoms with van der Waals surface area (Å²) in [5.41, 5.74) is 2.06. The van der Waals surface area contributed by atoms with Gasteiger partial charge in [-0.1, -0.05) is 30.3 Å². The van der Waals surface area contributed by atoms with Gasteiger partial charge in [-0.15, -0.1) is 0 Å². The second-order valence-corrected chi connectivity index (χ2v) is 4.61. The summed E-state index contributed by atoms with van der Waals surface area (Å²) in [6, 6.07) is 17.5. The molecule has 1 unspecified atom stereocenters. The lowest BCUT2D eigenvalue weighted by Crippen LogP contribution is -2.27. The number of benzene rings is 2. The lowest BCUT2D eigenvalue weighted by molar-refractivity contribution is -0.0999. The van der Waals surface area contributed by atoms with E-state index < -0.39 is 0 Å². The number of likely N-dealkylation sites (N-methyl/N-ethyl adjacent to an activating group) is 1. The first kappa shape index (κ1) is 14.4. The number of hydrogen-bond acceptors (Lipinski definition) is 4. The van der Waals surface area contributed by atoms with Gasteiger partial charge in [0.2, 0.25) is 0 Å². The Hall–Kier alpha value is -2.04. The van der Waals surface area contributed by atoms with Gasteiger partial charge < -0.3 is 15.3 Å². The maximum Gasteiger partial charge on any atom is 0.119 e. The minimum absolute atomic E-state index is 0.0988. The summed E-state index contributed by atoms with van der Waals surface area (Å²) in [5, 5.41) is 14.3. The van der Waals surface area contributed by atoms with Crippen LogP contribution in [0.4, 0.5) is 5.69 Å². The Bertz CT molecular complexity index is 512. The van der Waals surface area contributed by atoms with E-state index in [1.165, 1.54) is 5.06 Å². The zero-order chi connectivity index (χ0) is 14.4. The van der Waals surface area contributed by atoms with Crippen LogP contribution in [0.1, 0.15) is 11.6 Å². The molecular weight excluding hydrogens is 252 g/mol. The van der Waals surface area contributed by atoms with Crippen molar-refractivity contribution >= 4 is 5.69 Å². The van der Waals surface area contributed by atoms with Crippen LogP contribution < -0.4 is 10.1 Å². The molecule has 1 atom stereocenters. The van der Waals surface area contributed by atoms with Crippen molar-refractivity contribution in [1.82, 2.24) is 5.06 Å². The van der Waals surface area contributed by atoms with Gasteiger partial charge in [-0.2, -0.15) is 5.06 Å². The summed E-state index contributed by atoms with van der Waals surface area (Å²) < 4.78 is 5.13. The summed E-state index contributed by atoms with van der Waals surface area (Å²) in [5.74, 6) is 0.828. The second kappa shape index (κ2) is 6.93. The molecule has 0 aliphatic rings. The van der Waals surface area contributed by atoms with E-state index >= 15 is 0 Å². The smallest absolute Gasteiger partial charge is 0.119 e. The Balaban J connectivity index is 2.02. The molecule has 0 radical (unpaired) electrons. The Labute approximate surface area is 119 Å². The molecule has 0 bridgehead atoms. The molecule has 0 fully saturated rings. The average molecular weight is 272 g/mol. The molecule has 2 aromatic carbocycles. The molecule has 0 aliphatic carbocycles. The van der Waals surface area contributed by atoms with Crippen molar-refractivity contribution in [2.75, 3.05) is 26.0 Å². The van der Waals surface area contributed by atoms with Crippen LogP contribution in [0.2, 0.25) is 0 Å². The largest absolute Gasteiger partial charge is 0.497 e. The van der Waals surface area contributed by atoms with E-state index in [0.29, 0.717) is 6.54 Å². The van der Waals surface area contributed by atoms with Gasteiger partial charge in [0.05, 0.1) is 13.2 Å². The van der Waals surface area contributed by atoms with Crippen LogP contribution >= 0.6 is 0 Å². The van der Waals surface area contributed by atoms with Gasteiger partial charge in [-0.25, -0.2) is 0 Å². The summed E-state index contributed by atoms with van der Waals surface area (Å²) in [4.78, 5) is 0. The van der Waals surface area contributed by atoms with Crippen LogP contribution in [0.3, 0.4) is 0 Å². The van der Waals surface area contributed by atoms with Crippen molar-refractivity contribution in [1.29, 1.82) is 0 Å². The highest BCUT2D eigenvalue weighted by molar-refractivity contribution is 5.46. The van der Waals surface area contributed by atoms with Crippen LogP contribution in [-0.2, 0) is 0 Å². The SMILES string of the molecule is COc1ccc(NCC(c2ccccc2)N(C)O)cc1. The zero-order valence-electron chi connectivity index (χ0n) is 11.8. The first-order valence-electron chi connectivity index (χ1n) is 6.55. The van der Waals surface area contributed by atoms with Crippen LogP contribution in [0.5, 0.6) is 5.75 Å². The first-order valence-corrected chi connectivity index (χ1v) is 6.55. The maximum atomic E-state index is 9.80. The van der Waals surface area contributed by atoms with Crippen molar-refractivity contribution in [2.24, 2.45) is 0 Å². The predicted octanol–water partition coefficient (Wildman–Crippen LogP) is 3.17. The predicted molar refractivity (Wildman–Crippen MR) is 80.2 cm³/mol. The maximum absolute atomic E-state index is 9.80. The molecule has 0 aromatic heterocycles. The van der Waals surface area contributed by atoms with E-state index in [2.05, 4.69) is 5.32 Å². The molecule has 2 N–H and O–H groups in total. The third-order valence-electron chi connectivity index (χ3n) is 3.22. The third kappa shape index (κ3) is 3.73. The van der Waals surface area contributed by atoms with E-state index in [4.69, 9.17) is 4.74 Å². The molecule has 0 saturated carbocycles. The zero-order valence-corrected chi connectivity index (χ0v) is 11.8. The molecule has 20 heavy (non-hydrogen) atoms. The van der Waals surface area contributed by atoms with Crippen molar-refractivity contribution in [3.05, 3.63) is 60.2 Å². The molecule has 106 valence electrons. The van der Waals surface area contributed by atoms with Crippen LogP contribution in [0.25, 0.3) is 0 Å². The van der Waals surface area contributed by atoms with Crippen molar-refractivity contribution < 1.29 is 9.94 Å². The second-order valence-electron chi connectivity index (χ2n) is 4.61. The highest BCUT2D eigenvalue weighted by Crippen LogP contribution is 2.20. The van der Waals surface area contributed by atoms with Gasteiger partial charge in [-0.05, 0) is 29.8 Å². The summed E-state index contributed by atoms with van der Waals surface area (Å²) in [6.45, 7) is 0.614. The number of rotatable bonds is 6. The fourth-order valence-electron chi connectivity index (χ4n) is 2.06. The van der Waals surface area contributed by atoms with Crippen molar-refractivity contribution in [3.63, 3.8) is 0 Å². The summed E-state index contributed by atoms with van der Waals surface area (Å²) >= 11 is 0. The molecule has 0 aliphatic heterocycles. The van der Waals surface area contributed by atoms with E-state index in [9.17, 15) is 5.21 Å². The Morgan fingerprint density at radius 2 is 1.75 bits per heavy atom. The topological polar surface area (TPSA) is 44.7 Å². The summed E-state index contributed by atoms with van der Waals surface area (Å²) in [7, 11) is 3.31. The van der Waals surface area contributed by atoms with Gasteiger partial charge in [0.15, 0.2) is 0 Å². The Morgan fingerprint density at radius 1 is 1.10 bits per heavy atom. The quantitative estimate of drug-likeness (QED) is 0.793. The fraction of sp³-hybridized carbons (Fsp3) is 0.250. The van der Waals surface area contributed by atoms with Gasteiger partial charge in [0.1, 0.15) is 5.75 Å². The van der Waals surface area contributed by atoms with E-state index in [0.717, 1.165) is 17.0 Å². The fourth-order valence-corrected chi connectivity index (χ4v) is 2.06. The summed E-state index contributed by atoms with van der Waals surface area (Å²) in [6.07, 6.45) is 0. The number of nitrogens with zero attached hydrogens (tertiary/aromatic N) is 1. The van der Waals surface area contributed by atoms with E-state index in [-0.39, 0.29) is 6.04 Å². The highest BCUT2D eigenvalue weighted by Gasteiger charge is 2.14. The molecular formula is C16H20N2O2.